The van der Waals surface area contributed by atoms with Crippen molar-refractivity contribution in [1.82, 2.24) is 14.7 Å². The molecule has 1 aromatic rings. The third-order valence-corrected chi connectivity index (χ3v) is 4.99. The van der Waals surface area contributed by atoms with Gasteiger partial charge in [-0.1, -0.05) is 30.4 Å². The van der Waals surface area contributed by atoms with Crippen LogP contribution in [0.3, 0.4) is 0 Å². The number of hydrogen-bond acceptors (Lipinski definition) is 3. The summed E-state index contributed by atoms with van der Waals surface area (Å²) in [5.74, 6) is 1.16. The Hall–Kier alpha value is -0.550. The lowest BCUT2D eigenvalue weighted by molar-refractivity contribution is 0.538. The lowest BCUT2D eigenvalue weighted by Crippen LogP contribution is -2.23. The van der Waals surface area contributed by atoms with Crippen molar-refractivity contribution in [1.29, 1.82) is 0 Å². The number of nitrogens with zero attached hydrogens (tertiary/aromatic N) is 3. The number of rotatable bonds is 6. The fraction of sp³-hybridized carbons (Fsp3) is 0.714. The topological polar surface area (TPSA) is 21.1 Å². The molecule has 0 unspecified atom stereocenters. The van der Waals surface area contributed by atoms with E-state index in [4.69, 9.17) is 12.2 Å². The van der Waals surface area contributed by atoms with Gasteiger partial charge in [0.25, 0.3) is 0 Å². The van der Waals surface area contributed by atoms with Crippen LogP contribution in [0.15, 0.2) is 12.4 Å². The minimum Gasteiger partial charge on any atom is -0.358 e. The van der Waals surface area contributed by atoms with Crippen molar-refractivity contribution in [3.63, 3.8) is 0 Å². The largest absolute Gasteiger partial charge is 0.358 e. The summed E-state index contributed by atoms with van der Waals surface area (Å²) < 4.78 is 3.15. The zero-order valence-electron chi connectivity index (χ0n) is 11.7. The molecule has 0 bridgehead atoms. The van der Waals surface area contributed by atoms with E-state index in [2.05, 4.69) is 23.1 Å². The normalized spacial score (nSPS) is 15.1. The molecule has 1 aromatic heterocycles. The summed E-state index contributed by atoms with van der Waals surface area (Å²) >= 11 is 7.30. The molecule has 0 atom stereocenters. The fourth-order valence-electron chi connectivity index (χ4n) is 2.29. The first kappa shape index (κ1) is 14.9. The summed E-state index contributed by atoms with van der Waals surface area (Å²) in [6.45, 7) is 5.46. The quantitative estimate of drug-likeness (QED) is 0.592. The minimum absolute atomic E-state index is 1.04. The second-order valence-corrected chi connectivity index (χ2v) is 6.88. The van der Waals surface area contributed by atoms with Gasteiger partial charge in [-0.15, -0.1) is 0 Å². The minimum atomic E-state index is 1.04. The molecule has 19 heavy (non-hydrogen) atoms. The molecular weight excluding hydrogens is 274 g/mol. The summed E-state index contributed by atoms with van der Waals surface area (Å²) in [6.07, 6.45) is 10.4. The Morgan fingerprint density at radius 2 is 2.11 bits per heavy atom. The third-order valence-electron chi connectivity index (χ3n) is 3.38. The SMILES string of the molecule is Cc1cnn(CCCCCSC(=S)N2CCCC2)c1. The summed E-state index contributed by atoms with van der Waals surface area (Å²) in [6, 6.07) is 0. The first-order valence-electron chi connectivity index (χ1n) is 7.16. The predicted octanol–water partition coefficient (Wildman–Crippen LogP) is 3.48. The lowest BCUT2D eigenvalue weighted by Gasteiger charge is -2.17. The van der Waals surface area contributed by atoms with Crippen molar-refractivity contribution in [2.24, 2.45) is 0 Å². The van der Waals surface area contributed by atoms with Crippen molar-refractivity contribution in [2.45, 2.75) is 45.6 Å². The van der Waals surface area contributed by atoms with Crippen LogP contribution in [0.1, 0.15) is 37.7 Å². The third kappa shape index (κ3) is 5.15. The molecule has 5 heteroatoms. The van der Waals surface area contributed by atoms with E-state index >= 15 is 0 Å². The number of aromatic nitrogens is 2. The van der Waals surface area contributed by atoms with E-state index in [-0.39, 0.29) is 0 Å². The van der Waals surface area contributed by atoms with Crippen LogP contribution in [-0.4, -0.2) is 37.8 Å². The van der Waals surface area contributed by atoms with Crippen LogP contribution in [0.5, 0.6) is 0 Å². The Balaban J connectivity index is 1.49. The summed E-state index contributed by atoms with van der Waals surface area (Å²) in [4.78, 5) is 2.35. The maximum absolute atomic E-state index is 5.45. The van der Waals surface area contributed by atoms with Gasteiger partial charge in [-0.05, 0) is 38.2 Å². The highest BCUT2D eigenvalue weighted by Crippen LogP contribution is 2.17. The molecule has 106 valence electrons. The number of likely N-dealkylation sites (tertiary alicyclic amines) is 1. The summed E-state index contributed by atoms with van der Waals surface area (Å²) in [5.41, 5.74) is 1.24. The van der Waals surface area contributed by atoms with Gasteiger partial charge < -0.3 is 4.90 Å². The Morgan fingerprint density at radius 3 is 2.79 bits per heavy atom. The molecular formula is C14H23N3S2. The maximum atomic E-state index is 5.45. The average molecular weight is 297 g/mol. The van der Waals surface area contributed by atoms with Gasteiger partial charge in [0.1, 0.15) is 4.32 Å². The van der Waals surface area contributed by atoms with E-state index in [1.165, 1.54) is 50.8 Å². The molecule has 1 aliphatic rings. The zero-order chi connectivity index (χ0) is 13.5. The average Bonchev–Trinajstić information content (AvgIpc) is 3.04. The molecule has 2 rings (SSSR count). The maximum Gasteiger partial charge on any atom is 0.136 e. The van der Waals surface area contributed by atoms with E-state index in [9.17, 15) is 0 Å². The molecule has 1 saturated heterocycles. The van der Waals surface area contributed by atoms with Crippen LogP contribution in [0.4, 0.5) is 0 Å². The molecule has 0 aliphatic carbocycles. The molecule has 3 nitrogen and oxygen atoms in total. The Kier molecular flexibility index (Phi) is 6.17. The second-order valence-electron chi connectivity index (χ2n) is 5.15. The van der Waals surface area contributed by atoms with Crippen LogP contribution in [0.2, 0.25) is 0 Å². The number of aryl methyl sites for hydroxylation is 2. The Labute approximate surface area is 125 Å². The van der Waals surface area contributed by atoms with E-state index in [0.717, 1.165) is 16.6 Å². The molecule has 0 N–H and O–H groups in total. The van der Waals surface area contributed by atoms with Gasteiger partial charge in [0.05, 0.1) is 6.20 Å². The van der Waals surface area contributed by atoms with Crippen molar-refractivity contribution < 1.29 is 0 Å². The molecule has 0 spiro atoms. The summed E-state index contributed by atoms with van der Waals surface area (Å²) in [7, 11) is 0. The van der Waals surface area contributed by atoms with Crippen LogP contribution >= 0.6 is 24.0 Å². The highest BCUT2D eigenvalue weighted by molar-refractivity contribution is 8.22. The molecule has 0 aromatic carbocycles. The number of hydrogen-bond donors (Lipinski definition) is 0. The molecule has 2 heterocycles. The van der Waals surface area contributed by atoms with Crippen molar-refractivity contribution in [3.05, 3.63) is 18.0 Å². The number of unbranched alkanes of at least 4 members (excludes halogenated alkanes) is 2. The van der Waals surface area contributed by atoms with Gasteiger partial charge in [0, 0.05) is 31.6 Å². The van der Waals surface area contributed by atoms with Crippen molar-refractivity contribution in [2.75, 3.05) is 18.8 Å². The molecule has 0 radical (unpaired) electrons. The van der Waals surface area contributed by atoms with Crippen molar-refractivity contribution >= 4 is 28.3 Å². The van der Waals surface area contributed by atoms with Crippen LogP contribution in [0, 0.1) is 6.92 Å². The zero-order valence-corrected chi connectivity index (χ0v) is 13.3. The highest BCUT2D eigenvalue weighted by atomic mass is 32.2. The lowest BCUT2D eigenvalue weighted by atomic mass is 10.2. The van der Waals surface area contributed by atoms with Crippen LogP contribution in [-0.2, 0) is 6.54 Å². The van der Waals surface area contributed by atoms with Gasteiger partial charge in [0.2, 0.25) is 0 Å². The van der Waals surface area contributed by atoms with Crippen LogP contribution < -0.4 is 0 Å². The summed E-state index contributed by atoms with van der Waals surface area (Å²) in [5, 5.41) is 4.30. The predicted molar refractivity (Wildman–Crippen MR) is 86.7 cm³/mol. The Bertz CT molecular complexity index is 397. The second kappa shape index (κ2) is 7.90. The van der Waals surface area contributed by atoms with Gasteiger partial charge in [-0.25, -0.2) is 0 Å². The first-order valence-corrected chi connectivity index (χ1v) is 8.56. The number of thioether (sulfide) groups is 1. The highest BCUT2D eigenvalue weighted by Gasteiger charge is 2.14. The van der Waals surface area contributed by atoms with E-state index < -0.39 is 0 Å². The molecule has 0 saturated carbocycles. The smallest absolute Gasteiger partial charge is 0.136 e. The van der Waals surface area contributed by atoms with Crippen molar-refractivity contribution in [3.8, 4) is 0 Å². The van der Waals surface area contributed by atoms with Crippen LogP contribution in [0.25, 0.3) is 0 Å². The van der Waals surface area contributed by atoms with E-state index in [1.807, 2.05) is 22.6 Å². The standard InChI is InChI=1S/C14H23N3S2/c1-13-11-15-17(12-13)9-3-2-6-10-19-14(18)16-7-4-5-8-16/h11-12H,2-10H2,1H3. The van der Waals surface area contributed by atoms with Gasteiger partial charge >= 0.3 is 0 Å². The van der Waals surface area contributed by atoms with Gasteiger partial charge in [0.15, 0.2) is 0 Å². The monoisotopic (exact) mass is 297 g/mol. The molecule has 1 fully saturated rings. The molecule has 0 amide bonds. The number of thiocarbonyl (C=S) groups is 1. The van der Waals surface area contributed by atoms with E-state index in [1.54, 1.807) is 0 Å². The first-order chi connectivity index (χ1) is 9.25. The van der Waals surface area contributed by atoms with Gasteiger partial charge in [-0.3, -0.25) is 4.68 Å². The van der Waals surface area contributed by atoms with Gasteiger partial charge in [-0.2, -0.15) is 5.10 Å². The molecule has 1 aliphatic heterocycles. The van der Waals surface area contributed by atoms with E-state index in [0.29, 0.717) is 0 Å². The fourth-order valence-corrected chi connectivity index (χ4v) is 3.61. The Morgan fingerprint density at radius 1 is 1.32 bits per heavy atom.